The van der Waals surface area contributed by atoms with E-state index in [4.69, 9.17) is 10.8 Å². The Morgan fingerprint density at radius 1 is 1.37 bits per heavy atom. The van der Waals surface area contributed by atoms with Crippen molar-refractivity contribution in [2.45, 2.75) is 12.5 Å². The molecule has 1 aromatic rings. The Morgan fingerprint density at radius 3 is 2.68 bits per heavy atom. The fourth-order valence-corrected chi connectivity index (χ4v) is 2.08. The zero-order valence-electron chi connectivity index (χ0n) is 9.97. The zero-order chi connectivity index (χ0) is 14.0. The summed E-state index contributed by atoms with van der Waals surface area (Å²) in [4.78, 5) is 22.0. The Morgan fingerprint density at radius 2 is 2.11 bits per heavy atom. The monoisotopic (exact) mass is 264 g/mol. The van der Waals surface area contributed by atoms with Gasteiger partial charge in [-0.3, -0.25) is 9.59 Å². The third-order valence-corrected chi connectivity index (χ3v) is 3.00. The number of anilines is 1. The number of carbonyl (C=O) groups excluding carboxylic acids is 1. The van der Waals surface area contributed by atoms with Crippen LogP contribution in [0.2, 0.25) is 0 Å². The second kappa shape index (κ2) is 5.09. The summed E-state index contributed by atoms with van der Waals surface area (Å²) >= 11 is 0. The lowest BCUT2D eigenvalue weighted by molar-refractivity contribution is -0.140. The van der Waals surface area contributed by atoms with Crippen molar-refractivity contribution < 1.29 is 19.1 Å². The van der Waals surface area contributed by atoms with Crippen LogP contribution in [-0.2, 0) is 4.79 Å². The van der Waals surface area contributed by atoms with E-state index in [2.05, 4.69) is 5.32 Å². The summed E-state index contributed by atoms with van der Waals surface area (Å²) in [6.07, 6.45) is 3.61. The first-order valence-corrected chi connectivity index (χ1v) is 5.75. The van der Waals surface area contributed by atoms with E-state index in [1.54, 1.807) is 12.2 Å². The van der Waals surface area contributed by atoms with E-state index in [-0.39, 0.29) is 17.3 Å². The summed E-state index contributed by atoms with van der Waals surface area (Å²) in [5.41, 5.74) is 5.19. The van der Waals surface area contributed by atoms with Crippen LogP contribution >= 0.6 is 0 Å². The van der Waals surface area contributed by atoms with E-state index >= 15 is 0 Å². The van der Waals surface area contributed by atoms with E-state index in [1.165, 1.54) is 12.1 Å². The Kier molecular flexibility index (Phi) is 3.50. The van der Waals surface area contributed by atoms with E-state index < -0.39 is 23.6 Å². The highest BCUT2D eigenvalue weighted by atomic mass is 19.1. The number of halogens is 1. The predicted octanol–water partition coefficient (Wildman–Crippen LogP) is 1.37. The van der Waals surface area contributed by atoms with Gasteiger partial charge in [-0.2, -0.15) is 0 Å². The fraction of sp³-hybridized carbons (Fsp3) is 0.231. The third kappa shape index (κ3) is 2.73. The Balaban J connectivity index is 2.17. The van der Waals surface area contributed by atoms with E-state index in [1.807, 2.05) is 0 Å². The average Bonchev–Trinajstić information content (AvgIpc) is 2.77. The van der Waals surface area contributed by atoms with Crippen LogP contribution in [0.3, 0.4) is 0 Å². The normalized spacial score (nSPS) is 21.3. The number of benzene rings is 1. The molecule has 19 heavy (non-hydrogen) atoms. The van der Waals surface area contributed by atoms with E-state index in [0.717, 1.165) is 6.07 Å². The third-order valence-electron chi connectivity index (χ3n) is 3.00. The molecule has 1 amide bonds. The molecule has 6 heteroatoms. The van der Waals surface area contributed by atoms with Gasteiger partial charge in [0.1, 0.15) is 5.82 Å². The lowest BCUT2D eigenvalue weighted by Gasteiger charge is -2.16. The first-order chi connectivity index (χ1) is 8.99. The van der Waals surface area contributed by atoms with Gasteiger partial charge in [0, 0.05) is 6.04 Å². The smallest absolute Gasteiger partial charge is 0.310 e. The van der Waals surface area contributed by atoms with Crippen molar-refractivity contribution in [3.8, 4) is 0 Å². The number of nitrogens with one attached hydrogen (secondary N) is 1. The summed E-state index contributed by atoms with van der Waals surface area (Å²) in [6, 6.07) is 3.87. The van der Waals surface area contributed by atoms with Crippen molar-refractivity contribution in [2.75, 3.05) is 5.32 Å². The lowest BCUT2D eigenvalue weighted by Crippen LogP contribution is -2.22. The van der Waals surface area contributed by atoms with Crippen LogP contribution in [0.5, 0.6) is 0 Å². The van der Waals surface area contributed by atoms with Crippen LogP contribution < -0.4 is 11.1 Å². The molecule has 1 aliphatic carbocycles. The number of aliphatic carboxylic acids is 1. The maximum absolute atomic E-state index is 13.5. The molecule has 0 spiro atoms. The van der Waals surface area contributed by atoms with Gasteiger partial charge in [-0.25, -0.2) is 4.39 Å². The number of nitrogens with two attached hydrogens (primary N) is 1. The molecule has 0 bridgehead atoms. The molecule has 2 unspecified atom stereocenters. The molecular weight excluding hydrogens is 251 g/mol. The molecule has 100 valence electrons. The van der Waals surface area contributed by atoms with E-state index in [0.29, 0.717) is 6.42 Å². The van der Waals surface area contributed by atoms with Crippen molar-refractivity contribution >= 4 is 17.6 Å². The number of carboxylic acids is 1. The second-order valence-electron chi connectivity index (χ2n) is 4.34. The molecule has 1 aromatic carbocycles. The molecule has 1 aliphatic rings. The minimum atomic E-state index is -0.907. The quantitative estimate of drug-likeness (QED) is 0.716. The Labute approximate surface area is 108 Å². The minimum absolute atomic E-state index is 0.213. The molecule has 0 aliphatic heterocycles. The molecule has 0 fully saturated rings. The average molecular weight is 264 g/mol. The Bertz CT molecular complexity index is 557. The zero-order valence-corrected chi connectivity index (χ0v) is 9.97. The molecule has 2 atom stereocenters. The summed E-state index contributed by atoms with van der Waals surface area (Å²) in [5.74, 6) is -3.04. The number of primary amides is 1. The first-order valence-electron chi connectivity index (χ1n) is 5.75. The van der Waals surface area contributed by atoms with Crippen molar-refractivity contribution in [2.24, 2.45) is 11.7 Å². The summed E-state index contributed by atoms with van der Waals surface area (Å²) in [7, 11) is 0. The second-order valence-corrected chi connectivity index (χ2v) is 4.34. The molecular formula is C13H13FN2O3. The van der Waals surface area contributed by atoms with Gasteiger partial charge in [-0.1, -0.05) is 18.2 Å². The van der Waals surface area contributed by atoms with Gasteiger partial charge in [0.15, 0.2) is 0 Å². The highest BCUT2D eigenvalue weighted by molar-refractivity contribution is 5.98. The molecule has 2 rings (SSSR count). The number of amides is 1. The molecule has 4 N–H and O–H groups in total. The van der Waals surface area contributed by atoms with Gasteiger partial charge in [0.2, 0.25) is 0 Å². The maximum Gasteiger partial charge on any atom is 0.310 e. The molecule has 0 heterocycles. The fourth-order valence-electron chi connectivity index (χ4n) is 2.08. The first kappa shape index (κ1) is 13.1. The number of carboxylic acid groups (broad SMARTS) is 1. The highest BCUT2D eigenvalue weighted by Gasteiger charge is 2.25. The molecule has 0 aromatic heterocycles. The largest absolute Gasteiger partial charge is 0.481 e. The number of carbonyl (C=O) groups is 2. The number of rotatable bonds is 4. The van der Waals surface area contributed by atoms with Crippen molar-refractivity contribution in [1.82, 2.24) is 0 Å². The van der Waals surface area contributed by atoms with Crippen molar-refractivity contribution in [3.63, 3.8) is 0 Å². The highest BCUT2D eigenvalue weighted by Crippen LogP contribution is 2.25. The van der Waals surface area contributed by atoms with Gasteiger partial charge in [-0.05, 0) is 18.6 Å². The van der Waals surface area contributed by atoms with Crippen LogP contribution in [0.15, 0.2) is 30.4 Å². The predicted molar refractivity (Wildman–Crippen MR) is 67.2 cm³/mol. The molecule has 0 saturated carbocycles. The van der Waals surface area contributed by atoms with Gasteiger partial charge < -0.3 is 16.2 Å². The molecule has 0 radical (unpaired) electrons. The standard InChI is InChI=1S/C13H13FN2O3/c14-9-2-1-3-10(11(9)12(15)17)16-8-5-4-7(6-8)13(18)19/h1-5,7-8,16H,6H2,(H2,15,17)(H,18,19). The topological polar surface area (TPSA) is 92.4 Å². The maximum atomic E-state index is 13.5. The van der Waals surface area contributed by atoms with Gasteiger partial charge >= 0.3 is 5.97 Å². The van der Waals surface area contributed by atoms with Crippen LogP contribution in [0.4, 0.5) is 10.1 Å². The summed E-state index contributed by atoms with van der Waals surface area (Å²) in [5, 5.41) is 11.8. The summed E-state index contributed by atoms with van der Waals surface area (Å²) in [6.45, 7) is 0. The number of hydrogen-bond donors (Lipinski definition) is 3. The number of hydrogen-bond acceptors (Lipinski definition) is 3. The molecule has 5 nitrogen and oxygen atoms in total. The lowest BCUT2D eigenvalue weighted by atomic mass is 10.1. The Hall–Kier alpha value is -2.37. The van der Waals surface area contributed by atoms with Gasteiger partial charge in [0.05, 0.1) is 17.2 Å². The SMILES string of the molecule is NC(=O)c1c(F)cccc1NC1C=CC(C(=O)O)C1. The van der Waals surface area contributed by atoms with Crippen LogP contribution in [0.25, 0.3) is 0 Å². The van der Waals surface area contributed by atoms with Crippen LogP contribution in [0.1, 0.15) is 16.8 Å². The molecule has 0 saturated heterocycles. The van der Waals surface area contributed by atoms with E-state index in [9.17, 15) is 14.0 Å². The minimum Gasteiger partial charge on any atom is -0.481 e. The van der Waals surface area contributed by atoms with Crippen molar-refractivity contribution in [3.05, 3.63) is 41.7 Å². The van der Waals surface area contributed by atoms with Crippen LogP contribution in [-0.4, -0.2) is 23.0 Å². The van der Waals surface area contributed by atoms with Gasteiger partial charge in [-0.15, -0.1) is 0 Å². The van der Waals surface area contributed by atoms with Gasteiger partial charge in [0.25, 0.3) is 5.91 Å². The summed E-state index contributed by atoms with van der Waals surface area (Å²) < 4.78 is 13.5. The van der Waals surface area contributed by atoms with Crippen LogP contribution in [0, 0.1) is 11.7 Å². The van der Waals surface area contributed by atoms with Crippen molar-refractivity contribution in [1.29, 1.82) is 0 Å².